The predicted molar refractivity (Wildman–Crippen MR) is 100.0 cm³/mol. The maximum atomic E-state index is 12.9. The van der Waals surface area contributed by atoms with Crippen LogP contribution in [-0.4, -0.2) is 64.1 Å². The number of benzene rings is 1. The summed E-state index contributed by atoms with van der Waals surface area (Å²) in [5.41, 5.74) is 1.37. The summed E-state index contributed by atoms with van der Waals surface area (Å²) in [7, 11) is 0. The van der Waals surface area contributed by atoms with E-state index in [-0.39, 0.29) is 30.7 Å². The molecule has 142 valence electrons. The van der Waals surface area contributed by atoms with Gasteiger partial charge in [0.15, 0.2) is 5.78 Å². The van der Waals surface area contributed by atoms with Crippen molar-refractivity contribution in [2.75, 3.05) is 24.5 Å². The van der Waals surface area contributed by atoms with Crippen LogP contribution >= 0.6 is 0 Å². The van der Waals surface area contributed by atoms with E-state index in [4.69, 9.17) is 0 Å². The van der Waals surface area contributed by atoms with Crippen molar-refractivity contribution in [3.8, 4) is 0 Å². The van der Waals surface area contributed by atoms with E-state index < -0.39 is 12.1 Å². The second kappa shape index (κ2) is 6.88. The molecule has 0 unspecified atom stereocenters. The summed E-state index contributed by atoms with van der Waals surface area (Å²) in [6.07, 6.45) is 3.07. The van der Waals surface area contributed by atoms with Crippen LogP contribution in [0.25, 0.3) is 0 Å². The van der Waals surface area contributed by atoms with E-state index in [9.17, 15) is 19.2 Å². The molecule has 1 atom stereocenters. The number of urea groups is 1. The third-order valence-electron chi connectivity index (χ3n) is 5.05. The molecule has 2 aliphatic rings. The summed E-state index contributed by atoms with van der Waals surface area (Å²) in [6, 6.07) is 8.59. The van der Waals surface area contributed by atoms with Crippen LogP contribution in [0, 0.1) is 0 Å². The molecule has 0 saturated carbocycles. The largest absolute Gasteiger partial charge is 0.334 e. The number of piperazine rings is 1. The smallest absolute Gasteiger partial charge is 0.332 e. The Morgan fingerprint density at radius 2 is 1.79 bits per heavy atom. The van der Waals surface area contributed by atoms with Gasteiger partial charge in [-0.05, 0) is 43.3 Å². The van der Waals surface area contributed by atoms with Crippen molar-refractivity contribution in [2.45, 2.75) is 13.0 Å². The molecule has 2 saturated heterocycles. The SMILES string of the molecule is CC(=O)c1ccc(N2C(=O)[C@H]3CN(C(=O)c4cccnc4)CCN3C2=O)cc1. The molecule has 4 rings (SSSR count). The zero-order valence-electron chi connectivity index (χ0n) is 15.2. The Morgan fingerprint density at radius 1 is 1.04 bits per heavy atom. The number of fused-ring (bicyclic) bond motifs is 1. The number of hydrogen-bond acceptors (Lipinski definition) is 5. The van der Waals surface area contributed by atoms with Gasteiger partial charge in [-0.15, -0.1) is 0 Å². The van der Waals surface area contributed by atoms with Gasteiger partial charge in [0.2, 0.25) is 0 Å². The Bertz CT molecular complexity index is 958. The average Bonchev–Trinajstić information content (AvgIpc) is 2.98. The highest BCUT2D eigenvalue weighted by Crippen LogP contribution is 2.28. The molecule has 2 aromatic rings. The highest BCUT2D eigenvalue weighted by molar-refractivity contribution is 6.21. The number of imide groups is 1. The lowest BCUT2D eigenvalue weighted by atomic mass is 10.1. The van der Waals surface area contributed by atoms with Crippen LogP contribution in [-0.2, 0) is 4.79 Å². The number of carbonyl (C=O) groups excluding carboxylic acids is 4. The zero-order valence-corrected chi connectivity index (χ0v) is 15.2. The molecular formula is C20H18N4O4. The fourth-order valence-electron chi connectivity index (χ4n) is 3.53. The topological polar surface area (TPSA) is 90.9 Å². The molecule has 1 aromatic carbocycles. The molecular weight excluding hydrogens is 360 g/mol. The number of ketones is 1. The summed E-state index contributed by atoms with van der Waals surface area (Å²) in [6.45, 7) is 2.22. The highest BCUT2D eigenvalue weighted by Gasteiger charge is 2.49. The van der Waals surface area contributed by atoms with Gasteiger partial charge in [0.25, 0.3) is 11.8 Å². The maximum absolute atomic E-state index is 12.9. The summed E-state index contributed by atoms with van der Waals surface area (Å²) >= 11 is 0. The molecule has 4 amide bonds. The molecule has 0 radical (unpaired) electrons. The van der Waals surface area contributed by atoms with E-state index in [1.807, 2.05) is 0 Å². The van der Waals surface area contributed by atoms with E-state index in [1.165, 1.54) is 18.0 Å². The van der Waals surface area contributed by atoms with Gasteiger partial charge in [-0.1, -0.05) is 0 Å². The number of amides is 4. The Balaban J connectivity index is 1.55. The molecule has 28 heavy (non-hydrogen) atoms. The van der Waals surface area contributed by atoms with Gasteiger partial charge < -0.3 is 9.80 Å². The fraction of sp³-hybridized carbons (Fsp3) is 0.250. The second-order valence-corrected chi connectivity index (χ2v) is 6.76. The van der Waals surface area contributed by atoms with E-state index in [0.29, 0.717) is 23.4 Å². The van der Waals surface area contributed by atoms with Crippen molar-refractivity contribution in [3.05, 3.63) is 59.9 Å². The van der Waals surface area contributed by atoms with Crippen LogP contribution in [0.3, 0.4) is 0 Å². The van der Waals surface area contributed by atoms with Crippen LogP contribution in [0.2, 0.25) is 0 Å². The molecule has 8 heteroatoms. The van der Waals surface area contributed by atoms with Crippen molar-refractivity contribution < 1.29 is 19.2 Å². The molecule has 2 fully saturated rings. The normalized spacial score (nSPS) is 19.0. The lowest BCUT2D eigenvalue weighted by Gasteiger charge is -2.35. The molecule has 0 bridgehead atoms. The third-order valence-corrected chi connectivity index (χ3v) is 5.05. The highest BCUT2D eigenvalue weighted by atomic mass is 16.2. The van der Waals surface area contributed by atoms with Crippen molar-refractivity contribution in [2.24, 2.45) is 0 Å². The van der Waals surface area contributed by atoms with Gasteiger partial charge in [-0.2, -0.15) is 0 Å². The first-order valence-corrected chi connectivity index (χ1v) is 8.92. The Hall–Kier alpha value is -3.55. The van der Waals surface area contributed by atoms with E-state index in [2.05, 4.69) is 4.98 Å². The van der Waals surface area contributed by atoms with Gasteiger partial charge in [-0.25, -0.2) is 9.69 Å². The van der Waals surface area contributed by atoms with Crippen molar-refractivity contribution in [1.82, 2.24) is 14.8 Å². The number of rotatable bonds is 3. The van der Waals surface area contributed by atoms with Gasteiger partial charge in [0.1, 0.15) is 6.04 Å². The molecule has 8 nitrogen and oxygen atoms in total. The number of Topliss-reactive ketones (excluding diaryl/α,β-unsaturated/α-hetero) is 1. The fourth-order valence-corrected chi connectivity index (χ4v) is 3.53. The molecule has 2 aliphatic heterocycles. The van der Waals surface area contributed by atoms with Gasteiger partial charge in [-0.3, -0.25) is 19.4 Å². The van der Waals surface area contributed by atoms with Crippen LogP contribution in [0.4, 0.5) is 10.5 Å². The van der Waals surface area contributed by atoms with Gasteiger partial charge in [0, 0.05) is 31.0 Å². The van der Waals surface area contributed by atoms with Crippen molar-refractivity contribution in [1.29, 1.82) is 0 Å². The average molecular weight is 378 g/mol. The molecule has 0 aliphatic carbocycles. The van der Waals surface area contributed by atoms with Crippen molar-refractivity contribution in [3.63, 3.8) is 0 Å². The lowest BCUT2D eigenvalue weighted by molar-refractivity contribution is -0.120. The minimum atomic E-state index is -0.714. The number of nitrogens with zero attached hydrogens (tertiary/aromatic N) is 4. The van der Waals surface area contributed by atoms with Crippen LogP contribution < -0.4 is 4.90 Å². The van der Waals surface area contributed by atoms with E-state index >= 15 is 0 Å². The van der Waals surface area contributed by atoms with Crippen LogP contribution in [0.1, 0.15) is 27.6 Å². The first-order chi connectivity index (χ1) is 13.5. The second-order valence-electron chi connectivity index (χ2n) is 6.76. The van der Waals surface area contributed by atoms with Crippen LogP contribution in [0.15, 0.2) is 48.8 Å². The number of hydrogen-bond donors (Lipinski definition) is 0. The summed E-state index contributed by atoms with van der Waals surface area (Å²) in [5.74, 6) is -0.672. The standard InChI is InChI=1S/C20H18N4O4/c1-13(25)14-4-6-16(7-5-14)24-19(27)17-12-22(9-10-23(17)20(24)28)18(26)15-3-2-8-21-11-15/h2-8,11,17H,9-10,12H2,1H3/t17-/m1/s1. The summed E-state index contributed by atoms with van der Waals surface area (Å²) in [4.78, 5) is 57.9. The van der Waals surface area contributed by atoms with Crippen LogP contribution in [0.5, 0.6) is 0 Å². The van der Waals surface area contributed by atoms with Gasteiger partial charge in [0.05, 0.1) is 17.8 Å². The minimum absolute atomic E-state index is 0.0902. The first-order valence-electron chi connectivity index (χ1n) is 8.92. The first kappa shape index (κ1) is 17.8. The number of carbonyl (C=O) groups is 4. The number of aromatic nitrogens is 1. The Kier molecular flexibility index (Phi) is 4.38. The zero-order chi connectivity index (χ0) is 19.8. The van der Waals surface area contributed by atoms with Crippen molar-refractivity contribution >= 4 is 29.3 Å². The summed E-state index contributed by atoms with van der Waals surface area (Å²) in [5, 5.41) is 0. The number of pyridine rings is 1. The number of anilines is 1. The minimum Gasteiger partial charge on any atom is -0.334 e. The maximum Gasteiger partial charge on any atom is 0.332 e. The monoisotopic (exact) mass is 378 g/mol. The van der Waals surface area contributed by atoms with E-state index in [1.54, 1.807) is 47.5 Å². The predicted octanol–water partition coefficient (Wildman–Crippen LogP) is 1.58. The van der Waals surface area contributed by atoms with Gasteiger partial charge >= 0.3 is 6.03 Å². The Labute approximate surface area is 161 Å². The quantitative estimate of drug-likeness (QED) is 0.597. The molecule has 0 spiro atoms. The molecule has 3 heterocycles. The third kappa shape index (κ3) is 2.92. The lowest BCUT2D eigenvalue weighted by Crippen LogP contribution is -2.54. The molecule has 1 aromatic heterocycles. The summed E-state index contributed by atoms with van der Waals surface area (Å²) < 4.78 is 0. The Morgan fingerprint density at radius 3 is 2.43 bits per heavy atom. The van der Waals surface area contributed by atoms with E-state index in [0.717, 1.165) is 4.90 Å². The molecule has 0 N–H and O–H groups in total.